The van der Waals surface area contributed by atoms with Gasteiger partial charge in [-0.25, -0.2) is 9.18 Å². The SMILES string of the molecule is O=C(NC/C(F)=C/CCO)OCc1ccccc1. The van der Waals surface area contributed by atoms with Gasteiger partial charge in [-0.05, 0) is 18.1 Å². The van der Waals surface area contributed by atoms with Crippen LogP contribution in [0.5, 0.6) is 0 Å². The molecule has 1 amide bonds. The largest absolute Gasteiger partial charge is 0.445 e. The molecule has 0 saturated heterocycles. The molecular formula is C13H16FNO3. The maximum Gasteiger partial charge on any atom is 0.407 e. The fourth-order valence-electron chi connectivity index (χ4n) is 1.22. The Morgan fingerprint density at radius 3 is 2.78 bits per heavy atom. The molecule has 1 aromatic carbocycles. The van der Waals surface area contributed by atoms with Crippen molar-refractivity contribution in [1.82, 2.24) is 5.32 Å². The first-order valence-corrected chi connectivity index (χ1v) is 5.62. The summed E-state index contributed by atoms with van der Waals surface area (Å²) in [5.74, 6) is -0.499. The van der Waals surface area contributed by atoms with Gasteiger partial charge in [-0.15, -0.1) is 0 Å². The molecule has 0 aromatic heterocycles. The van der Waals surface area contributed by atoms with Gasteiger partial charge in [0.25, 0.3) is 0 Å². The van der Waals surface area contributed by atoms with Gasteiger partial charge < -0.3 is 15.2 Å². The van der Waals surface area contributed by atoms with Crippen LogP contribution in [0.15, 0.2) is 42.2 Å². The van der Waals surface area contributed by atoms with E-state index in [1.54, 1.807) is 0 Å². The molecule has 0 saturated carbocycles. The van der Waals surface area contributed by atoms with Crippen LogP contribution in [0.2, 0.25) is 0 Å². The lowest BCUT2D eigenvalue weighted by Crippen LogP contribution is -2.25. The second-order valence-corrected chi connectivity index (χ2v) is 3.58. The molecule has 0 bridgehead atoms. The molecule has 2 N–H and O–H groups in total. The van der Waals surface area contributed by atoms with Crippen molar-refractivity contribution in [3.63, 3.8) is 0 Å². The van der Waals surface area contributed by atoms with Gasteiger partial charge in [0.1, 0.15) is 12.4 Å². The van der Waals surface area contributed by atoms with Crippen molar-refractivity contribution < 1.29 is 19.0 Å². The summed E-state index contributed by atoms with van der Waals surface area (Å²) in [6, 6.07) is 9.21. The van der Waals surface area contributed by atoms with Crippen molar-refractivity contribution >= 4 is 6.09 Å². The Bertz CT molecular complexity index is 392. The Morgan fingerprint density at radius 1 is 1.39 bits per heavy atom. The molecule has 0 atom stereocenters. The molecule has 0 spiro atoms. The van der Waals surface area contributed by atoms with E-state index in [2.05, 4.69) is 5.32 Å². The van der Waals surface area contributed by atoms with Crippen LogP contribution in [-0.4, -0.2) is 24.4 Å². The van der Waals surface area contributed by atoms with Gasteiger partial charge in [-0.1, -0.05) is 30.3 Å². The van der Waals surface area contributed by atoms with Crippen LogP contribution in [0.3, 0.4) is 0 Å². The van der Waals surface area contributed by atoms with Crippen molar-refractivity contribution in [2.24, 2.45) is 0 Å². The van der Waals surface area contributed by atoms with Crippen molar-refractivity contribution in [2.45, 2.75) is 13.0 Å². The Morgan fingerprint density at radius 2 is 2.11 bits per heavy atom. The van der Waals surface area contributed by atoms with E-state index in [0.29, 0.717) is 0 Å². The van der Waals surface area contributed by atoms with Crippen molar-refractivity contribution in [1.29, 1.82) is 0 Å². The van der Waals surface area contributed by atoms with Crippen molar-refractivity contribution in [3.05, 3.63) is 47.8 Å². The van der Waals surface area contributed by atoms with Crippen LogP contribution in [0.25, 0.3) is 0 Å². The molecule has 18 heavy (non-hydrogen) atoms. The van der Waals surface area contributed by atoms with E-state index in [9.17, 15) is 9.18 Å². The highest BCUT2D eigenvalue weighted by Crippen LogP contribution is 2.01. The zero-order valence-corrected chi connectivity index (χ0v) is 9.93. The average Bonchev–Trinajstić information content (AvgIpc) is 2.41. The fourth-order valence-corrected chi connectivity index (χ4v) is 1.22. The Kier molecular flexibility index (Phi) is 6.50. The molecule has 0 aliphatic rings. The number of carbonyl (C=O) groups excluding carboxylic acids is 1. The Labute approximate surface area is 105 Å². The van der Waals surface area contributed by atoms with Crippen molar-refractivity contribution in [3.8, 4) is 0 Å². The number of carbonyl (C=O) groups is 1. The predicted molar refractivity (Wildman–Crippen MR) is 65.5 cm³/mol. The number of benzene rings is 1. The van der Waals surface area contributed by atoms with E-state index >= 15 is 0 Å². The molecule has 0 aliphatic heterocycles. The molecule has 1 aromatic rings. The topological polar surface area (TPSA) is 58.6 Å². The van der Waals surface area contributed by atoms with E-state index in [4.69, 9.17) is 9.84 Å². The standard InChI is InChI=1S/C13H16FNO3/c14-12(7-4-8-16)9-15-13(17)18-10-11-5-2-1-3-6-11/h1-3,5-7,16H,4,8-10H2,(H,15,17)/b12-7-. The summed E-state index contributed by atoms with van der Waals surface area (Å²) in [4.78, 5) is 11.2. The predicted octanol–water partition coefficient (Wildman–Crippen LogP) is 2.15. The number of rotatable bonds is 6. The summed E-state index contributed by atoms with van der Waals surface area (Å²) in [5.41, 5.74) is 0.865. The van der Waals surface area contributed by atoms with Gasteiger partial charge >= 0.3 is 6.09 Å². The van der Waals surface area contributed by atoms with Crippen LogP contribution in [0.1, 0.15) is 12.0 Å². The summed E-state index contributed by atoms with van der Waals surface area (Å²) in [5, 5.41) is 10.8. The number of nitrogens with one attached hydrogen (secondary N) is 1. The van der Waals surface area contributed by atoms with E-state index in [1.807, 2.05) is 30.3 Å². The van der Waals surface area contributed by atoms with Gasteiger partial charge in [0.15, 0.2) is 0 Å². The molecule has 0 unspecified atom stereocenters. The number of amides is 1. The van der Waals surface area contributed by atoms with E-state index in [-0.39, 0.29) is 26.2 Å². The van der Waals surface area contributed by atoms with E-state index in [0.717, 1.165) is 5.56 Å². The van der Waals surface area contributed by atoms with Crippen LogP contribution < -0.4 is 5.32 Å². The number of ether oxygens (including phenoxy) is 1. The number of alkyl carbamates (subject to hydrolysis) is 1. The average molecular weight is 253 g/mol. The monoisotopic (exact) mass is 253 g/mol. The first-order valence-electron chi connectivity index (χ1n) is 5.62. The lowest BCUT2D eigenvalue weighted by atomic mass is 10.2. The van der Waals surface area contributed by atoms with Gasteiger partial charge in [0.2, 0.25) is 0 Å². The highest BCUT2D eigenvalue weighted by atomic mass is 19.1. The lowest BCUT2D eigenvalue weighted by molar-refractivity contribution is 0.140. The normalized spacial score (nSPS) is 11.1. The van der Waals surface area contributed by atoms with Crippen LogP contribution in [0.4, 0.5) is 9.18 Å². The number of hydrogen-bond donors (Lipinski definition) is 2. The van der Waals surface area contributed by atoms with Crippen LogP contribution in [0, 0.1) is 0 Å². The number of halogens is 1. The lowest BCUT2D eigenvalue weighted by Gasteiger charge is -2.06. The summed E-state index contributed by atoms with van der Waals surface area (Å²) in [6.07, 6.45) is 0.774. The number of aliphatic hydroxyl groups is 1. The molecule has 98 valence electrons. The molecule has 1 rings (SSSR count). The van der Waals surface area contributed by atoms with Crippen LogP contribution in [-0.2, 0) is 11.3 Å². The molecule has 0 heterocycles. The van der Waals surface area contributed by atoms with E-state index in [1.165, 1.54) is 6.08 Å². The first-order chi connectivity index (χ1) is 8.72. The molecule has 0 aliphatic carbocycles. The van der Waals surface area contributed by atoms with Crippen LogP contribution >= 0.6 is 0 Å². The summed E-state index contributed by atoms with van der Waals surface area (Å²) >= 11 is 0. The van der Waals surface area contributed by atoms with Crippen molar-refractivity contribution in [2.75, 3.05) is 13.2 Å². The summed E-state index contributed by atoms with van der Waals surface area (Å²) in [7, 11) is 0. The second kappa shape index (κ2) is 8.25. The highest BCUT2D eigenvalue weighted by Gasteiger charge is 2.03. The summed E-state index contributed by atoms with van der Waals surface area (Å²) < 4.78 is 17.9. The molecule has 5 heteroatoms. The second-order valence-electron chi connectivity index (χ2n) is 3.58. The zero-order chi connectivity index (χ0) is 13.2. The van der Waals surface area contributed by atoms with Gasteiger partial charge in [0.05, 0.1) is 6.54 Å². The van der Waals surface area contributed by atoms with Gasteiger partial charge in [-0.2, -0.15) is 0 Å². The maximum atomic E-state index is 13.0. The fraction of sp³-hybridized carbons (Fsp3) is 0.308. The number of hydrogen-bond acceptors (Lipinski definition) is 3. The minimum Gasteiger partial charge on any atom is -0.445 e. The minimum absolute atomic E-state index is 0.119. The van der Waals surface area contributed by atoms with Gasteiger partial charge in [-0.3, -0.25) is 0 Å². The highest BCUT2D eigenvalue weighted by molar-refractivity contribution is 5.67. The molecule has 0 fully saturated rings. The smallest absolute Gasteiger partial charge is 0.407 e. The number of aliphatic hydroxyl groups excluding tert-OH is 1. The minimum atomic E-state index is -0.675. The van der Waals surface area contributed by atoms with Gasteiger partial charge in [0, 0.05) is 6.61 Å². The first kappa shape index (κ1) is 14.2. The molecular weight excluding hydrogens is 237 g/mol. The third kappa shape index (κ3) is 6.00. The Hall–Kier alpha value is -1.88. The quantitative estimate of drug-likeness (QED) is 0.816. The third-order valence-electron chi connectivity index (χ3n) is 2.11. The Balaban J connectivity index is 2.22. The molecule has 4 nitrogen and oxygen atoms in total. The maximum absolute atomic E-state index is 13.0. The zero-order valence-electron chi connectivity index (χ0n) is 9.93. The van der Waals surface area contributed by atoms with E-state index < -0.39 is 11.9 Å². The third-order valence-corrected chi connectivity index (χ3v) is 2.11. The molecule has 0 radical (unpaired) electrons. The summed E-state index contributed by atoms with van der Waals surface area (Å²) in [6.45, 7) is -0.200.